The van der Waals surface area contributed by atoms with Gasteiger partial charge in [-0.2, -0.15) is 5.26 Å². The Hall–Kier alpha value is -3.47. The van der Waals surface area contributed by atoms with Gasteiger partial charge >= 0.3 is 5.97 Å². The van der Waals surface area contributed by atoms with E-state index in [0.29, 0.717) is 34.6 Å². The van der Waals surface area contributed by atoms with Gasteiger partial charge in [-0.3, -0.25) is 9.59 Å². The van der Waals surface area contributed by atoms with Crippen LogP contribution in [0.5, 0.6) is 0 Å². The molecule has 1 aliphatic carbocycles. The van der Waals surface area contributed by atoms with E-state index in [1.807, 2.05) is 17.5 Å². The van der Waals surface area contributed by atoms with E-state index < -0.39 is 29.4 Å². The number of aliphatic carboxylic acids is 1. The lowest BCUT2D eigenvalue weighted by Gasteiger charge is -2.39. The number of carboxylic acid groups (broad SMARTS) is 1. The second-order valence-corrected chi connectivity index (χ2v) is 11.6. The summed E-state index contributed by atoms with van der Waals surface area (Å²) in [4.78, 5) is 44.1. The molecule has 4 unspecified atom stereocenters. The lowest BCUT2D eigenvalue weighted by atomic mass is 9.74. The topological polar surface area (TPSA) is 98.5 Å². The smallest absolute Gasteiger partial charge is 0.330 e. The van der Waals surface area contributed by atoms with Crippen LogP contribution in [0.2, 0.25) is 5.02 Å². The van der Waals surface area contributed by atoms with Gasteiger partial charge in [0.2, 0.25) is 5.91 Å². The number of amides is 1. The summed E-state index contributed by atoms with van der Waals surface area (Å²) in [5.74, 6) is -3.62. The van der Waals surface area contributed by atoms with Gasteiger partial charge in [0, 0.05) is 27.3 Å². The SMILES string of the molecule is CC1(C(=O)O)C(c2cccs2)C(C(=O)c2cccc(Cl)c2)C(c2ccc(C#N)cc2)N1C(=O)C1CCCC1. The minimum Gasteiger partial charge on any atom is -0.479 e. The summed E-state index contributed by atoms with van der Waals surface area (Å²) in [6.45, 7) is 1.58. The molecule has 38 heavy (non-hydrogen) atoms. The first-order valence-corrected chi connectivity index (χ1v) is 13.9. The predicted molar refractivity (Wildman–Crippen MR) is 145 cm³/mol. The van der Waals surface area contributed by atoms with Gasteiger partial charge < -0.3 is 10.0 Å². The Labute approximate surface area is 230 Å². The first-order chi connectivity index (χ1) is 18.3. The average molecular weight is 547 g/mol. The lowest BCUT2D eigenvalue weighted by molar-refractivity contribution is -0.159. The molecule has 0 radical (unpaired) electrons. The summed E-state index contributed by atoms with van der Waals surface area (Å²) >= 11 is 7.64. The van der Waals surface area contributed by atoms with Crippen LogP contribution in [0.1, 0.15) is 70.9 Å². The third-order valence-electron chi connectivity index (χ3n) is 8.10. The fraction of sp³-hybridized carbons (Fsp3) is 0.333. The molecule has 1 aromatic heterocycles. The quantitative estimate of drug-likeness (QED) is 0.357. The lowest BCUT2D eigenvalue weighted by Crippen LogP contribution is -2.55. The summed E-state index contributed by atoms with van der Waals surface area (Å²) < 4.78 is 0. The normalized spacial score (nSPS) is 25.3. The standard InChI is InChI=1S/C30H27ClN2O4S/c1-30(29(36)37)25(23-10-5-15-38-23)24(27(34)21-8-4-9-22(31)16-21)26(19-13-11-18(17-32)12-14-19)33(30)28(35)20-6-2-3-7-20/h4-5,8-16,20,24-26H,2-3,6-7H2,1H3,(H,36,37). The second-order valence-electron chi connectivity index (χ2n) is 10.2. The van der Waals surface area contributed by atoms with E-state index in [2.05, 4.69) is 6.07 Å². The Balaban J connectivity index is 1.77. The van der Waals surface area contributed by atoms with Gasteiger partial charge in [-0.1, -0.05) is 54.8 Å². The monoisotopic (exact) mass is 546 g/mol. The summed E-state index contributed by atoms with van der Waals surface area (Å²) in [5.41, 5.74) is -0.246. The number of carboxylic acids is 1. The van der Waals surface area contributed by atoms with Crippen molar-refractivity contribution in [2.75, 3.05) is 0 Å². The highest BCUT2D eigenvalue weighted by molar-refractivity contribution is 7.10. The molecule has 2 aliphatic rings. The number of nitrogens with zero attached hydrogens (tertiary/aromatic N) is 2. The van der Waals surface area contributed by atoms with Crippen LogP contribution in [0, 0.1) is 23.2 Å². The molecule has 1 aliphatic heterocycles. The van der Waals surface area contributed by atoms with Crippen LogP contribution >= 0.6 is 22.9 Å². The molecule has 2 fully saturated rings. The van der Waals surface area contributed by atoms with Gasteiger partial charge in [0.05, 0.1) is 23.6 Å². The van der Waals surface area contributed by atoms with Crippen molar-refractivity contribution in [3.05, 3.63) is 92.6 Å². The van der Waals surface area contributed by atoms with Crippen LogP contribution in [0.4, 0.5) is 0 Å². The Morgan fingerprint density at radius 1 is 1.08 bits per heavy atom. The summed E-state index contributed by atoms with van der Waals surface area (Å²) in [6.07, 6.45) is 3.22. The molecule has 194 valence electrons. The van der Waals surface area contributed by atoms with Crippen molar-refractivity contribution in [3.63, 3.8) is 0 Å². The van der Waals surface area contributed by atoms with Crippen molar-refractivity contribution in [3.8, 4) is 6.07 Å². The maximum atomic E-state index is 14.4. The number of hydrogen-bond acceptors (Lipinski definition) is 5. The van der Waals surface area contributed by atoms with Crippen molar-refractivity contribution in [2.45, 2.75) is 50.1 Å². The Bertz CT molecular complexity index is 1410. The van der Waals surface area contributed by atoms with Crippen LogP contribution in [0.3, 0.4) is 0 Å². The summed E-state index contributed by atoms with van der Waals surface area (Å²) in [7, 11) is 0. The number of halogens is 1. The average Bonchev–Trinajstić information content (AvgIpc) is 3.68. The zero-order valence-electron chi connectivity index (χ0n) is 20.8. The fourth-order valence-electron chi connectivity index (χ4n) is 6.27. The highest BCUT2D eigenvalue weighted by Gasteiger charge is 2.65. The second kappa shape index (κ2) is 10.4. The van der Waals surface area contributed by atoms with Gasteiger partial charge in [-0.05, 0) is 61.0 Å². The van der Waals surface area contributed by atoms with Crippen LogP contribution in [0.25, 0.3) is 0 Å². The minimum absolute atomic E-state index is 0.232. The van der Waals surface area contributed by atoms with E-state index in [-0.39, 0.29) is 17.6 Å². The number of nitriles is 1. The molecule has 1 amide bonds. The van der Waals surface area contributed by atoms with Gasteiger partial charge in [0.25, 0.3) is 0 Å². The third-order valence-corrected chi connectivity index (χ3v) is 9.29. The third kappa shape index (κ3) is 4.32. The first kappa shape index (κ1) is 26.1. The van der Waals surface area contributed by atoms with Gasteiger partial charge in [0.15, 0.2) is 5.78 Å². The predicted octanol–water partition coefficient (Wildman–Crippen LogP) is 6.47. The maximum Gasteiger partial charge on any atom is 0.330 e. The molecule has 1 N–H and O–H groups in total. The van der Waals surface area contributed by atoms with E-state index in [4.69, 9.17) is 11.6 Å². The van der Waals surface area contributed by atoms with Crippen molar-refractivity contribution < 1.29 is 19.5 Å². The zero-order chi connectivity index (χ0) is 27.0. The largest absolute Gasteiger partial charge is 0.479 e. The number of ketones is 1. The number of Topliss-reactive ketones (excluding diaryl/α,β-unsaturated/α-hetero) is 1. The molecule has 1 saturated carbocycles. The Kier molecular flexibility index (Phi) is 7.13. The van der Waals surface area contributed by atoms with E-state index >= 15 is 0 Å². The molecule has 3 aromatic rings. The molecule has 4 atom stereocenters. The molecule has 1 saturated heterocycles. The highest BCUT2D eigenvalue weighted by Crippen LogP contribution is 2.58. The van der Waals surface area contributed by atoms with Crippen LogP contribution in [-0.4, -0.2) is 33.2 Å². The van der Waals surface area contributed by atoms with Gasteiger partial charge in [-0.15, -0.1) is 11.3 Å². The molecule has 0 spiro atoms. The van der Waals surface area contributed by atoms with Crippen molar-refractivity contribution >= 4 is 40.6 Å². The number of benzene rings is 2. The number of rotatable bonds is 6. The maximum absolute atomic E-state index is 14.4. The molecular weight excluding hydrogens is 520 g/mol. The van der Waals surface area contributed by atoms with E-state index in [0.717, 1.165) is 17.7 Å². The number of carbonyl (C=O) groups excluding carboxylic acids is 2. The van der Waals surface area contributed by atoms with Gasteiger partial charge in [0.1, 0.15) is 5.54 Å². The first-order valence-electron chi connectivity index (χ1n) is 12.7. The number of carbonyl (C=O) groups is 3. The highest BCUT2D eigenvalue weighted by atomic mass is 35.5. The molecule has 2 heterocycles. The van der Waals surface area contributed by atoms with Crippen molar-refractivity contribution in [1.29, 1.82) is 5.26 Å². The van der Waals surface area contributed by atoms with E-state index in [9.17, 15) is 24.8 Å². The van der Waals surface area contributed by atoms with Crippen LogP contribution in [-0.2, 0) is 9.59 Å². The molecule has 6 nitrogen and oxygen atoms in total. The minimum atomic E-state index is -1.68. The number of likely N-dealkylation sites (tertiary alicyclic amines) is 1. The van der Waals surface area contributed by atoms with Gasteiger partial charge in [-0.25, -0.2) is 4.79 Å². The molecule has 5 rings (SSSR count). The van der Waals surface area contributed by atoms with Crippen molar-refractivity contribution in [2.24, 2.45) is 11.8 Å². The van der Waals surface area contributed by atoms with Crippen LogP contribution < -0.4 is 0 Å². The Morgan fingerprint density at radius 3 is 2.37 bits per heavy atom. The van der Waals surface area contributed by atoms with E-state index in [1.54, 1.807) is 55.5 Å². The van der Waals surface area contributed by atoms with Crippen molar-refractivity contribution in [1.82, 2.24) is 4.90 Å². The van der Waals surface area contributed by atoms with E-state index in [1.165, 1.54) is 16.2 Å². The summed E-state index contributed by atoms with van der Waals surface area (Å²) in [6, 6.07) is 18.3. The molecule has 0 bridgehead atoms. The Morgan fingerprint density at radius 2 is 1.79 bits per heavy atom. The molecular formula is C30H27ClN2O4S. The fourth-order valence-corrected chi connectivity index (χ4v) is 7.45. The summed E-state index contributed by atoms with van der Waals surface area (Å²) in [5, 5.41) is 22.4. The zero-order valence-corrected chi connectivity index (χ0v) is 22.4. The molecule has 2 aromatic carbocycles. The van der Waals surface area contributed by atoms with Crippen LogP contribution in [0.15, 0.2) is 66.0 Å². The molecule has 8 heteroatoms. The number of hydrogen-bond donors (Lipinski definition) is 1. The number of thiophene rings is 1.